The molecule has 24 nitrogen and oxygen atoms in total. The lowest BCUT2D eigenvalue weighted by molar-refractivity contribution is -0.121. The Morgan fingerprint density at radius 3 is 1.28 bits per heavy atom. The molecule has 3 aliphatic heterocycles. The molecule has 4 N–H and O–H groups in total. The van der Waals surface area contributed by atoms with E-state index in [1.807, 2.05) is 48.5 Å². The minimum absolute atomic E-state index is 0.0146. The highest BCUT2D eigenvalue weighted by Crippen LogP contribution is 2.33. The van der Waals surface area contributed by atoms with Crippen LogP contribution in [0.25, 0.3) is 0 Å². The largest absolute Gasteiger partial charge is 0.494 e. The van der Waals surface area contributed by atoms with E-state index in [1.165, 1.54) is 64.8 Å². The summed E-state index contributed by atoms with van der Waals surface area (Å²) < 4.78 is 73.0. The maximum absolute atomic E-state index is 15.8. The van der Waals surface area contributed by atoms with Gasteiger partial charge in [-0.1, -0.05) is 0 Å². The SMILES string of the molecule is COC(=O)c1cc(CCc2cnc(Nc3ccc(N4CC(OC(=O)c5cc(CCc6cnc(Nc7ccc(N8CC(CCNC(=O)c9cc(CCc%10cnc(Nc%11ccc(N%12CCCCC%12=O)cc%11)nc%10)c(F)c(OC)c9)CCC8=O)cc7)nc6)c(F)c(OC)c5)CCC4=O)cc3)nc2)c(F)c(OC)c1. The Morgan fingerprint density at radius 1 is 0.457 bits per heavy atom. The number of carbonyl (C=O) groups is 6. The monoisotopic (exact) mass is 1430 g/mol. The van der Waals surface area contributed by atoms with Crippen LogP contribution in [0.3, 0.4) is 0 Å². The molecule has 0 saturated carbocycles. The van der Waals surface area contributed by atoms with E-state index in [0.29, 0.717) is 116 Å². The maximum Gasteiger partial charge on any atom is 0.338 e. The van der Waals surface area contributed by atoms with Crippen molar-refractivity contribution in [2.45, 2.75) is 96.0 Å². The van der Waals surface area contributed by atoms with Gasteiger partial charge in [-0.3, -0.25) is 19.2 Å². The third-order valence-electron chi connectivity index (χ3n) is 18.7. The zero-order valence-corrected chi connectivity index (χ0v) is 58.4. The van der Waals surface area contributed by atoms with Gasteiger partial charge in [-0.15, -0.1) is 0 Å². The number of methoxy groups -OCH3 is 4. The van der Waals surface area contributed by atoms with Crippen LogP contribution in [0.1, 0.15) is 116 Å². The molecule has 542 valence electrons. The first-order chi connectivity index (χ1) is 51.0. The van der Waals surface area contributed by atoms with Gasteiger partial charge in [-0.25, -0.2) is 52.7 Å². The number of aryl methyl sites for hydroxylation is 6. The molecule has 3 saturated heterocycles. The predicted octanol–water partition coefficient (Wildman–Crippen LogP) is 12.3. The van der Waals surface area contributed by atoms with Crippen LogP contribution in [-0.4, -0.2) is 126 Å². The summed E-state index contributed by atoms with van der Waals surface area (Å²) in [7, 11) is 5.23. The Morgan fingerprint density at radius 2 is 0.848 bits per heavy atom. The lowest BCUT2D eigenvalue weighted by Crippen LogP contribution is -2.44. The van der Waals surface area contributed by atoms with Crippen LogP contribution in [0.15, 0.2) is 146 Å². The van der Waals surface area contributed by atoms with Gasteiger partial charge in [0.2, 0.25) is 35.6 Å². The number of halogens is 3. The van der Waals surface area contributed by atoms with Crippen molar-refractivity contribution in [3.8, 4) is 17.2 Å². The fourth-order valence-electron chi connectivity index (χ4n) is 12.8. The average Bonchev–Trinajstić information content (AvgIpc) is 0.790. The van der Waals surface area contributed by atoms with Crippen molar-refractivity contribution >= 4 is 87.5 Å². The summed E-state index contributed by atoms with van der Waals surface area (Å²) in [6, 6.07) is 30.3. The molecule has 105 heavy (non-hydrogen) atoms. The number of hydrogen-bond donors (Lipinski definition) is 4. The van der Waals surface area contributed by atoms with Crippen molar-refractivity contribution in [1.82, 2.24) is 35.2 Å². The first kappa shape index (κ1) is 72.7. The van der Waals surface area contributed by atoms with Crippen LogP contribution in [0.4, 0.5) is 65.1 Å². The zero-order chi connectivity index (χ0) is 73.5. The van der Waals surface area contributed by atoms with E-state index in [1.54, 1.807) is 76.1 Å². The second-order valence-corrected chi connectivity index (χ2v) is 25.7. The van der Waals surface area contributed by atoms with Gasteiger partial charge in [-0.05, 0) is 219 Å². The smallest absolute Gasteiger partial charge is 0.338 e. The molecule has 0 spiro atoms. The normalized spacial score (nSPS) is 15.2. The molecule has 9 aromatic rings. The molecule has 12 rings (SSSR count). The van der Waals surface area contributed by atoms with Crippen LogP contribution >= 0.6 is 0 Å². The molecule has 6 heterocycles. The summed E-state index contributed by atoms with van der Waals surface area (Å²) in [6.07, 6.45) is 15.4. The van der Waals surface area contributed by atoms with Crippen molar-refractivity contribution in [2.75, 3.05) is 85.3 Å². The molecule has 0 radical (unpaired) electrons. The van der Waals surface area contributed by atoms with Crippen molar-refractivity contribution < 1.29 is 65.6 Å². The molecule has 0 aliphatic carbocycles. The second kappa shape index (κ2) is 33.8. The van der Waals surface area contributed by atoms with Gasteiger partial charge in [0.15, 0.2) is 34.7 Å². The quantitative estimate of drug-likeness (QED) is 0.0331. The number of rotatable bonds is 28. The number of piperidine rings is 3. The fraction of sp³-hybridized carbons (Fsp3) is 0.308. The molecule has 2 unspecified atom stereocenters. The van der Waals surface area contributed by atoms with Gasteiger partial charge in [0.25, 0.3) is 5.91 Å². The van der Waals surface area contributed by atoms with E-state index in [9.17, 15) is 28.8 Å². The third-order valence-corrected chi connectivity index (χ3v) is 18.7. The van der Waals surface area contributed by atoms with Crippen molar-refractivity contribution in [2.24, 2.45) is 5.92 Å². The van der Waals surface area contributed by atoms with E-state index in [0.717, 1.165) is 35.3 Å². The Labute approximate surface area is 604 Å². The summed E-state index contributed by atoms with van der Waals surface area (Å²) in [4.78, 5) is 110. The van der Waals surface area contributed by atoms with Crippen LogP contribution in [0, 0.1) is 23.4 Å². The first-order valence-electron chi connectivity index (χ1n) is 34.6. The number of aromatic nitrogens is 6. The van der Waals surface area contributed by atoms with Crippen molar-refractivity contribution in [3.05, 3.63) is 214 Å². The van der Waals surface area contributed by atoms with Gasteiger partial charge < -0.3 is 59.7 Å². The highest BCUT2D eigenvalue weighted by Gasteiger charge is 2.32. The molecule has 3 aromatic heterocycles. The molecular weight excluding hydrogens is 1350 g/mol. The number of anilines is 9. The molecular formula is C78H78F3N13O11. The summed E-state index contributed by atoms with van der Waals surface area (Å²) >= 11 is 0. The highest BCUT2D eigenvalue weighted by atomic mass is 19.1. The Kier molecular flexibility index (Phi) is 23.4. The van der Waals surface area contributed by atoms with Gasteiger partial charge in [0.05, 0.1) is 46.1 Å². The lowest BCUT2D eigenvalue weighted by Gasteiger charge is -2.33. The van der Waals surface area contributed by atoms with Gasteiger partial charge in [0, 0.05) is 116 Å². The summed E-state index contributed by atoms with van der Waals surface area (Å²) in [5, 5.41) is 12.5. The number of esters is 2. The number of hydrogen-bond acceptors (Lipinski definition) is 20. The number of nitrogens with one attached hydrogen (secondary N) is 4. The van der Waals surface area contributed by atoms with Gasteiger partial charge in [-0.2, -0.15) is 0 Å². The van der Waals surface area contributed by atoms with E-state index in [2.05, 4.69) is 51.2 Å². The van der Waals surface area contributed by atoms with Crippen LogP contribution in [0.5, 0.6) is 17.2 Å². The molecule has 4 amide bonds. The Hall–Kier alpha value is -12.0. The van der Waals surface area contributed by atoms with E-state index in [-0.39, 0.29) is 113 Å². The number of carbonyl (C=O) groups excluding carboxylic acids is 6. The van der Waals surface area contributed by atoms with Crippen molar-refractivity contribution in [1.29, 1.82) is 0 Å². The summed E-state index contributed by atoms with van der Waals surface area (Å²) in [5.41, 5.74) is 7.71. The minimum Gasteiger partial charge on any atom is -0.494 e. The maximum atomic E-state index is 15.8. The second-order valence-electron chi connectivity index (χ2n) is 25.7. The first-order valence-corrected chi connectivity index (χ1v) is 34.6. The number of amides is 4. The van der Waals surface area contributed by atoms with Crippen LogP contribution < -0.4 is 50.2 Å². The van der Waals surface area contributed by atoms with Crippen molar-refractivity contribution in [3.63, 3.8) is 0 Å². The number of benzene rings is 6. The third kappa shape index (κ3) is 18.3. The van der Waals surface area contributed by atoms with Gasteiger partial charge in [0.1, 0.15) is 6.10 Å². The Bertz CT molecular complexity index is 4620. The zero-order valence-electron chi connectivity index (χ0n) is 58.4. The molecule has 3 fully saturated rings. The molecule has 27 heteroatoms. The standard InChI is InChI=1S/C78H78F3N13O11/c1-101-64-36-54(33-51(70(64)79)12-8-48-39-83-76(84-40-48)89-57-15-21-60(22-16-57)92-32-6-5-7-67(92)95)73(98)82-31-30-47-11-28-68(96)93(45-47)61-23-17-58(18-24-61)90-77-87-43-50(44-88-77)10-14-53-35-56(38-66(103-3)72(53)81)75(100)105-63-27-29-69(97)94(46-63)62-25-19-59(20-26-62)91-78-85-41-49(42-86-78)9-13-52-34-55(74(99)104-4)37-65(102-2)71(52)80/h15-26,33-44,47,63H,5-14,27-32,45-46H2,1-4H3,(H,82,98)(H,83,84,89)(H,85,86,91)(H,87,88,90). The Balaban J connectivity index is 0.576. The van der Waals surface area contributed by atoms with E-state index < -0.39 is 35.5 Å². The van der Waals surface area contributed by atoms with Crippen LogP contribution in [-0.2, 0) is 62.4 Å². The van der Waals surface area contributed by atoms with E-state index >= 15 is 13.2 Å². The topological polar surface area (TPSA) is 284 Å². The average molecular weight is 1430 g/mol. The van der Waals surface area contributed by atoms with Crippen LogP contribution in [0.2, 0.25) is 0 Å². The predicted molar refractivity (Wildman–Crippen MR) is 387 cm³/mol. The minimum atomic E-state index is -0.704. The number of ether oxygens (including phenoxy) is 5. The highest BCUT2D eigenvalue weighted by molar-refractivity contribution is 5.97. The molecule has 3 aliphatic rings. The fourth-order valence-corrected chi connectivity index (χ4v) is 12.8. The van der Waals surface area contributed by atoms with E-state index in [4.69, 9.17) is 23.7 Å². The molecule has 2 atom stereocenters. The summed E-state index contributed by atoms with van der Waals surface area (Å²) in [6.45, 7) is 1.57. The van der Waals surface area contributed by atoms with Gasteiger partial charge >= 0.3 is 11.9 Å². The molecule has 6 aromatic carbocycles. The molecule has 0 bridgehead atoms. The lowest BCUT2D eigenvalue weighted by atomic mass is 9.93. The number of nitrogens with zero attached hydrogens (tertiary/aromatic N) is 9. The summed E-state index contributed by atoms with van der Waals surface area (Å²) in [5.74, 6) is -2.63.